The third kappa shape index (κ3) is 6.59. The van der Waals surface area contributed by atoms with Gasteiger partial charge in [0.05, 0.1) is 28.1 Å². The van der Waals surface area contributed by atoms with Gasteiger partial charge in [0, 0.05) is 5.69 Å². The SMILES string of the molecule is C=CCOc1c(Br)cc(/C=C2/SC(=O)N(CC(=O)Nc3ccc(OC)c(Cl)c3)C2=O)cc1OCC. The number of imide groups is 1. The second-order valence-electron chi connectivity index (χ2n) is 7.03. The molecular formula is C24H22BrClN2O6S. The van der Waals surface area contributed by atoms with Crippen LogP contribution in [0.2, 0.25) is 5.02 Å². The van der Waals surface area contributed by atoms with Crippen LogP contribution in [-0.4, -0.2) is 48.8 Å². The minimum atomic E-state index is -0.566. The van der Waals surface area contributed by atoms with Crippen LogP contribution < -0.4 is 19.5 Å². The molecule has 0 aromatic heterocycles. The van der Waals surface area contributed by atoms with Gasteiger partial charge in [-0.05, 0) is 76.6 Å². The lowest BCUT2D eigenvalue weighted by atomic mass is 10.2. The first-order valence-corrected chi connectivity index (χ1v) is 12.3. The summed E-state index contributed by atoms with van der Waals surface area (Å²) in [5.41, 5.74) is 1.03. The van der Waals surface area contributed by atoms with Crippen molar-refractivity contribution in [2.75, 3.05) is 32.2 Å². The van der Waals surface area contributed by atoms with Crippen molar-refractivity contribution in [2.24, 2.45) is 0 Å². The summed E-state index contributed by atoms with van der Waals surface area (Å²) in [4.78, 5) is 38.9. The molecule has 1 fully saturated rings. The summed E-state index contributed by atoms with van der Waals surface area (Å²) in [7, 11) is 1.48. The molecule has 1 aliphatic heterocycles. The topological polar surface area (TPSA) is 94.2 Å². The molecule has 35 heavy (non-hydrogen) atoms. The maximum Gasteiger partial charge on any atom is 0.294 e. The van der Waals surface area contributed by atoms with Crippen molar-refractivity contribution in [2.45, 2.75) is 6.92 Å². The second-order valence-corrected chi connectivity index (χ2v) is 9.28. The third-order valence-corrected chi connectivity index (χ3v) is 6.38. The molecule has 8 nitrogen and oxygen atoms in total. The van der Waals surface area contributed by atoms with Crippen LogP contribution in [0.5, 0.6) is 17.2 Å². The molecular weight excluding hydrogens is 560 g/mol. The Balaban J connectivity index is 1.75. The molecule has 0 aliphatic carbocycles. The molecule has 1 heterocycles. The first-order valence-electron chi connectivity index (χ1n) is 10.4. The van der Waals surface area contributed by atoms with E-state index in [1.807, 2.05) is 6.92 Å². The number of methoxy groups -OCH3 is 1. The summed E-state index contributed by atoms with van der Waals surface area (Å²) >= 11 is 10.3. The van der Waals surface area contributed by atoms with Crippen molar-refractivity contribution in [1.82, 2.24) is 4.90 Å². The number of rotatable bonds is 10. The van der Waals surface area contributed by atoms with E-state index in [0.717, 1.165) is 16.7 Å². The predicted molar refractivity (Wildman–Crippen MR) is 140 cm³/mol. The lowest BCUT2D eigenvalue weighted by Gasteiger charge is -2.14. The fourth-order valence-corrected chi connectivity index (χ4v) is 4.76. The summed E-state index contributed by atoms with van der Waals surface area (Å²) in [5, 5.41) is 2.40. The van der Waals surface area contributed by atoms with Crippen molar-refractivity contribution in [3.8, 4) is 17.2 Å². The van der Waals surface area contributed by atoms with Crippen molar-refractivity contribution in [3.63, 3.8) is 0 Å². The number of hydrogen-bond acceptors (Lipinski definition) is 7. The van der Waals surface area contributed by atoms with E-state index < -0.39 is 23.6 Å². The number of amides is 3. The summed E-state index contributed by atoms with van der Waals surface area (Å²) < 4.78 is 17.0. The maximum atomic E-state index is 12.9. The van der Waals surface area contributed by atoms with Crippen LogP contribution in [-0.2, 0) is 9.59 Å². The minimum Gasteiger partial charge on any atom is -0.495 e. The molecule has 0 saturated carbocycles. The van der Waals surface area contributed by atoms with Crippen LogP contribution in [0.3, 0.4) is 0 Å². The lowest BCUT2D eigenvalue weighted by molar-refractivity contribution is -0.127. The van der Waals surface area contributed by atoms with Gasteiger partial charge in [-0.2, -0.15) is 0 Å². The molecule has 0 atom stereocenters. The standard InChI is InChI=1S/C24H22BrClN2O6S/c1-4-8-34-22-16(25)9-14(10-19(22)33-5-2)11-20-23(30)28(24(31)35-20)13-21(29)27-15-6-7-18(32-3)17(26)12-15/h4,6-7,9-12H,1,5,8,13H2,2-3H3,(H,27,29)/b20-11+. The van der Waals surface area contributed by atoms with E-state index in [1.54, 1.807) is 36.4 Å². The fraction of sp³-hybridized carbons (Fsp3) is 0.208. The van der Waals surface area contributed by atoms with Gasteiger partial charge >= 0.3 is 0 Å². The average molecular weight is 582 g/mol. The Labute approximate surface area is 220 Å². The van der Waals surface area contributed by atoms with Crippen LogP contribution in [0, 0.1) is 0 Å². The highest BCUT2D eigenvalue weighted by molar-refractivity contribution is 9.10. The van der Waals surface area contributed by atoms with Gasteiger partial charge in [-0.25, -0.2) is 0 Å². The van der Waals surface area contributed by atoms with E-state index in [-0.39, 0.29) is 4.91 Å². The Hall–Kier alpha value is -2.95. The summed E-state index contributed by atoms with van der Waals surface area (Å²) in [6.45, 7) is 5.74. The largest absolute Gasteiger partial charge is 0.495 e. The van der Waals surface area contributed by atoms with Gasteiger partial charge in [0.1, 0.15) is 18.9 Å². The quantitative estimate of drug-likeness (QED) is 0.282. The summed E-state index contributed by atoms with van der Waals surface area (Å²) in [5.74, 6) is 0.336. The predicted octanol–water partition coefficient (Wildman–Crippen LogP) is 5.75. The molecule has 1 aliphatic rings. The van der Waals surface area contributed by atoms with Crippen molar-refractivity contribution in [3.05, 3.63) is 63.0 Å². The van der Waals surface area contributed by atoms with Crippen LogP contribution in [0.1, 0.15) is 12.5 Å². The number of ether oxygens (including phenoxy) is 3. The molecule has 0 spiro atoms. The number of nitrogens with zero attached hydrogens (tertiary/aromatic N) is 1. The number of thioether (sulfide) groups is 1. The van der Waals surface area contributed by atoms with Crippen molar-refractivity contribution >= 4 is 68.1 Å². The van der Waals surface area contributed by atoms with Gasteiger partial charge in [-0.1, -0.05) is 24.3 Å². The van der Waals surface area contributed by atoms with Crippen LogP contribution in [0.4, 0.5) is 10.5 Å². The zero-order chi connectivity index (χ0) is 25.5. The van der Waals surface area contributed by atoms with Crippen LogP contribution >= 0.6 is 39.3 Å². The lowest BCUT2D eigenvalue weighted by Crippen LogP contribution is -2.36. The third-order valence-electron chi connectivity index (χ3n) is 4.59. The number of nitrogens with one attached hydrogen (secondary N) is 1. The zero-order valence-corrected chi connectivity index (χ0v) is 22.1. The molecule has 3 amide bonds. The molecule has 184 valence electrons. The Kier molecular flexibility index (Phi) is 9.25. The van der Waals surface area contributed by atoms with Gasteiger partial charge in [0.2, 0.25) is 5.91 Å². The normalized spacial score (nSPS) is 14.3. The van der Waals surface area contributed by atoms with E-state index in [1.165, 1.54) is 13.2 Å². The van der Waals surface area contributed by atoms with Crippen LogP contribution in [0.15, 0.2) is 52.4 Å². The number of carbonyl (C=O) groups is 3. The van der Waals surface area contributed by atoms with Crippen molar-refractivity contribution < 1.29 is 28.6 Å². The molecule has 3 rings (SSSR count). The smallest absolute Gasteiger partial charge is 0.294 e. The Bertz CT molecular complexity index is 1200. The van der Waals surface area contributed by atoms with Gasteiger partial charge in [0.25, 0.3) is 11.1 Å². The highest BCUT2D eigenvalue weighted by Crippen LogP contribution is 2.39. The molecule has 11 heteroatoms. The van der Waals surface area contributed by atoms with Gasteiger partial charge in [-0.15, -0.1) is 0 Å². The summed E-state index contributed by atoms with van der Waals surface area (Å²) in [6.07, 6.45) is 3.18. The molecule has 1 N–H and O–H groups in total. The molecule has 2 aromatic carbocycles. The fourth-order valence-electron chi connectivity index (χ4n) is 3.09. The molecule has 0 radical (unpaired) electrons. The second kappa shape index (κ2) is 12.1. The van der Waals surface area contributed by atoms with Crippen molar-refractivity contribution in [1.29, 1.82) is 0 Å². The van der Waals surface area contributed by atoms with Gasteiger partial charge in [-0.3, -0.25) is 19.3 Å². The maximum absolute atomic E-state index is 12.9. The Morgan fingerprint density at radius 2 is 2.00 bits per heavy atom. The van der Waals surface area contributed by atoms with Gasteiger partial charge < -0.3 is 19.5 Å². The van der Waals surface area contributed by atoms with Crippen LogP contribution in [0.25, 0.3) is 6.08 Å². The summed E-state index contributed by atoms with van der Waals surface area (Å²) in [6, 6.07) is 8.17. The number of anilines is 1. The Morgan fingerprint density at radius 3 is 2.66 bits per heavy atom. The van der Waals surface area contributed by atoms with Gasteiger partial charge in [0.15, 0.2) is 11.5 Å². The molecule has 0 bridgehead atoms. The first kappa shape index (κ1) is 26.7. The van der Waals surface area contributed by atoms with E-state index in [9.17, 15) is 14.4 Å². The highest BCUT2D eigenvalue weighted by atomic mass is 79.9. The van der Waals surface area contributed by atoms with E-state index in [4.69, 9.17) is 25.8 Å². The molecule has 0 unspecified atom stereocenters. The number of hydrogen-bond donors (Lipinski definition) is 1. The molecule has 1 saturated heterocycles. The highest BCUT2D eigenvalue weighted by Gasteiger charge is 2.36. The number of benzene rings is 2. The Morgan fingerprint density at radius 1 is 1.23 bits per heavy atom. The molecule has 2 aromatic rings. The zero-order valence-electron chi connectivity index (χ0n) is 18.9. The van der Waals surface area contributed by atoms with E-state index in [0.29, 0.717) is 51.2 Å². The number of carbonyl (C=O) groups excluding carboxylic acids is 3. The average Bonchev–Trinajstić information content (AvgIpc) is 3.06. The van der Waals surface area contributed by atoms with E-state index >= 15 is 0 Å². The first-order chi connectivity index (χ1) is 16.8. The van der Waals surface area contributed by atoms with E-state index in [2.05, 4.69) is 27.8 Å². The number of halogens is 2. The minimum absolute atomic E-state index is 0.185. The monoisotopic (exact) mass is 580 g/mol.